The largest absolute Gasteiger partial charge is 0.381 e. The van der Waals surface area contributed by atoms with Crippen LogP contribution in [-0.2, 0) is 4.74 Å². The fourth-order valence-corrected chi connectivity index (χ4v) is 3.26. The Morgan fingerprint density at radius 2 is 1.95 bits per heavy atom. The molecule has 1 aliphatic heterocycles. The Bertz CT molecular complexity index is 462. The van der Waals surface area contributed by atoms with Crippen LogP contribution >= 0.6 is 23.2 Å². The first-order valence-electron chi connectivity index (χ1n) is 7.47. The van der Waals surface area contributed by atoms with E-state index in [-0.39, 0.29) is 0 Å². The molecular weight excluding hydrogens is 293 g/mol. The normalized spacial score (nSPS) is 26.7. The second-order valence-corrected chi connectivity index (χ2v) is 6.83. The van der Waals surface area contributed by atoms with Crippen molar-refractivity contribution in [1.29, 1.82) is 0 Å². The van der Waals surface area contributed by atoms with E-state index < -0.39 is 0 Å². The highest BCUT2D eigenvalue weighted by Gasteiger charge is 2.28. The summed E-state index contributed by atoms with van der Waals surface area (Å²) in [4.78, 5) is 0. The van der Waals surface area contributed by atoms with Crippen LogP contribution in [0.1, 0.15) is 30.7 Å². The third kappa shape index (κ3) is 3.67. The highest BCUT2D eigenvalue weighted by molar-refractivity contribution is 6.42. The lowest BCUT2D eigenvalue weighted by atomic mass is 9.81. The number of nitrogens with one attached hydrogen (secondary N) is 1. The number of halogens is 2. The molecule has 0 amide bonds. The molecule has 1 saturated heterocycles. The zero-order valence-corrected chi connectivity index (χ0v) is 13.1. The molecule has 1 heterocycles. The minimum absolute atomic E-state index is 0.519. The highest BCUT2D eigenvalue weighted by atomic mass is 35.5. The number of hydrogen-bond donors (Lipinski definition) is 1. The lowest BCUT2D eigenvalue weighted by molar-refractivity contribution is 0.0742. The molecule has 1 aromatic rings. The summed E-state index contributed by atoms with van der Waals surface area (Å²) < 4.78 is 5.90. The van der Waals surface area contributed by atoms with E-state index in [1.54, 1.807) is 0 Å². The summed E-state index contributed by atoms with van der Waals surface area (Å²) in [5.74, 6) is 1.87. The molecule has 1 N–H and O–H groups in total. The second kappa shape index (κ2) is 6.65. The van der Waals surface area contributed by atoms with E-state index in [1.807, 2.05) is 12.1 Å². The highest BCUT2D eigenvalue weighted by Crippen LogP contribution is 2.35. The van der Waals surface area contributed by atoms with Crippen LogP contribution in [0.3, 0.4) is 0 Å². The van der Waals surface area contributed by atoms with E-state index in [4.69, 9.17) is 27.9 Å². The van der Waals surface area contributed by atoms with E-state index in [2.05, 4.69) is 11.4 Å². The fourth-order valence-electron chi connectivity index (χ4n) is 2.95. The minimum atomic E-state index is 0.519. The summed E-state index contributed by atoms with van der Waals surface area (Å²) in [7, 11) is 0. The van der Waals surface area contributed by atoms with Gasteiger partial charge in [-0.25, -0.2) is 0 Å². The Hall–Kier alpha value is -0.280. The van der Waals surface area contributed by atoms with Crippen LogP contribution in [0.5, 0.6) is 0 Å². The molecule has 110 valence electrons. The van der Waals surface area contributed by atoms with Gasteiger partial charge in [0.2, 0.25) is 0 Å². The zero-order chi connectivity index (χ0) is 13.9. The van der Waals surface area contributed by atoms with Gasteiger partial charge in [0.05, 0.1) is 16.7 Å². The molecule has 2 nitrogen and oxygen atoms in total. The third-order valence-electron chi connectivity index (χ3n) is 4.36. The molecule has 0 spiro atoms. The Balaban J connectivity index is 1.65. The summed E-state index contributed by atoms with van der Waals surface area (Å²) in [5, 5.41) is 4.76. The Morgan fingerprint density at radius 1 is 1.10 bits per heavy atom. The minimum Gasteiger partial charge on any atom is -0.381 e. The molecule has 2 unspecified atom stereocenters. The SMILES string of the molecule is Clc1ccc(C2CCNCC2COCC2CC2)cc1Cl. The third-order valence-corrected chi connectivity index (χ3v) is 5.10. The lowest BCUT2D eigenvalue weighted by Gasteiger charge is -2.32. The van der Waals surface area contributed by atoms with Crippen molar-refractivity contribution in [2.24, 2.45) is 11.8 Å². The molecule has 4 heteroatoms. The Kier molecular flexibility index (Phi) is 4.87. The van der Waals surface area contributed by atoms with Gasteiger partial charge in [-0.05, 0) is 55.3 Å². The van der Waals surface area contributed by atoms with Gasteiger partial charge in [-0.1, -0.05) is 29.3 Å². The fraction of sp³-hybridized carbons (Fsp3) is 0.625. The average Bonchev–Trinajstić information content (AvgIpc) is 3.27. The number of hydrogen-bond acceptors (Lipinski definition) is 2. The predicted molar refractivity (Wildman–Crippen MR) is 83.7 cm³/mol. The van der Waals surface area contributed by atoms with Crippen molar-refractivity contribution >= 4 is 23.2 Å². The molecule has 2 aliphatic rings. The van der Waals surface area contributed by atoms with Crippen molar-refractivity contribution < 1.29 is 4.74 Å². The van der Waals surface area contributed by atoms with Gasteiger partial charge >= 0.3 is 0 Å². The van der Waals surface area contributed by atoms with Crippen molar-refractivity contribution in [3.63, 3.8) is 0 Å². The van der Waals surface area contributed by atoms with Crippen molar-refractivity contribution in [2.75, 3.05) is 26.3 Å². The van der Waals surface area contributed by atoms with Gasteiger partial charge in [0, 0.05) is 19.1 Å². The smallest absolute Gasteiger partial charge is 0.0595 e. The van der Waals surface area contributed by atoms with E-state index in [0.29, 0.717) is 21.9 Å². The molecule has 2 fully saturated rings. The maximum atomic E-state index is 6.16. The molecule has 1 aromatic carbocycles. The maximum Gasteiger partial charge on any atom is 0.0595 e. The first-order chi connectivity index (χ1) is 9.74. The molecule has 0 bridgehead atoms. The van der Waals surface area contributed by atoms with Crippen LogP contribution in [0.4, 0.5) is 0 Å². The van der Waals surface area contributed by atoms with E-state index >= 15 is 0 Å². The van der Waals surface area contributed by atoms with E-state index in [9.17, 15) is 0 Å². The standard InChI is InChI=1S/C16H21Cl2NO/c17-15-4-3-12(7-16(15)18)14-5-6-19-8-13(14)10-20-9-11-1-2-11/h3-4,7,11,13-14,19H,1-2,5-6,8-10H2. The molecule has 0 aromatic heterocycles. The van der Waals surface area contributed by atoms with Crippen molar-refractivity contribution in [1.82, 2.24) is 5.32 Å². The zero-order valence-electron chi connectivity index (χ0n) is 11.6. The van der Waals surface area contributed by atoms with Crippen LogP contribution in [0.15, 0.2) is 18.2 Å². The first kappa shape index (κ1) is 14.6. The van der Waals surface area contributed by atoms with Gasteiger partial charge in [-0.3, -0.25) is 0 Å². The van der Waals surface area contributed by atoms with E-state index in [1.165, 1.54) is 18.4 Å². The number of rotatable bonds is 5. The molecule has 1 saturated carbocycles. The Morgan fingerprint density at radius 3 is 2.70 bits per heavy atom. The molecule has 2 atom stereocenters. The summed E-state index contributed by atoms with van der Waals surface area (Å²) >= 11 is 12.2. The van der Waals surface area contributed by atoms with Crippen LogP contribution in [0.2, 0.25) is 10.0 Å². The van der Waals surface area contributed by atoms with E-state index in [0.717, 1.165) is 38.6 Å². The maximum absolute atomic E-state index is 6.16. The van der Waals surface area contributed by atoms with Crippen molar-refractivity contribution in [2.45, 2.75) is 25.2 Å². The number of benzene rings is 1. The molecule has 20 heavy (non-hydrogen) atoms. The van der Waals surface area contributed by atoms with Gasteiger partial charge in [0.15, 0.2) is 0 Å². The first-order valence-corrected chi connectivity index (χ1v) is 8.23. The van der Waals surface area contributed by atoms with Crippen molar-refractivity contribution in [3.05, 3.63) is 33.8 Å². The average molecular weight is 314 g/mol. The summed E-state index contributed by atoms with van der Waals surface area (Å²) in [6, 6.07) is 6.04. The molecule has 3 rings (SSSR count). The lowest BCUT2D eigenvalue weighted by Crippen LogP contribution is -2.38. The molecule has 0 radical (unpaired) electrons. The van der Waals surface area contributed by atoms with Crippen LogP contribution < -0.4 is 5.32 Å². The van der Waals surface area contributed by atoms with Gasteiger partial charge in [-0.2, -0.15) is 0 Å². The van der Waals surface area contributed by atoms with Crippen LogP contribution in [0, 0.1) is 11.8 Å². The van der Waals surface area contributed by atoms with Gasteiger partial charge in [0.25, 0.3) is 0 Å². The topological polar surface area (TPSA) is 21.3 Å². The molecular formula is C16H21Cl2NO. The number of ether oxygens (including phenoxy) is 1. The van der Waals surface area contributed by atoms with Gasteiger partial charge < -0.3 is 10.1 Å². The summed E-state index contributed by atoms with van der Waals surface area (Å²) in [6.07, 6.45) is 3.83. The van der Waals surface area contributed by atoms with Crippen molar-refractivity contribution in [3.8, 4) is 0 Å². The Labute approximate surface area is 130 Å². The summed E-state index contributed by atoms with van der Waals surface area (Å²) in [5.41, 5.74) is 1.29. The summed E-state index contributed by atoms with van der Waals surface area (Å²) in [6.45, 7) is 3.86. The van der Waals surface area contributed by atoms with Gasteiger partial charge in [-0.15, -0.1) is 0 Å². The predicted octanol–water partition coefficient (Wildman–Crippen LogP) is 4.11. The quantitative estimate of drug-likeness (QED) is 0.883. The number of piperidine rings is 1. The van der Waals surface area contributed by atoms with Crippen LogP contribution in [0.25, 0.3) is 0 Å². The molecule has 1 aliphatic carbocycles. The monoisotopic (exact) mass is 313 g/mol. The van der Waals surface area contributed by atoms with Crippen LogP contribution in [-0.4, -0.2) is 26.3 Å². The second-order valence-electron chi connectivity index (χ2n) is 6.01. The van der Waals surface area contributed by atoms with Gasteiger partial charge in [0.1, 0.15) is 0 Å².